The Balaban J connectivity index is 0.00000480. The van der Waals surface area contributed by atoms with Crippen LogP contribution in [-0.4, -0.2) is 35.7 Å². The van der Waals surface area contributed by atoms with Gasteiger partial charge in [0.15, 0.2) is 5.96 Å². The summed E-state index contributed by atoms with van der Waals surface area (Å²) in [5, 5.41) is 12.6. The lowest BCUT2D eigenvalue weighted by Crippen LogP contribution is -2.38. The minimum absolute atomic E-state index is 0. The molecule has 0 aliphatic carbocycles. The molecule has 0 spiro atoms. The number of carbonyl (C=O) groups excluding carboxylic acids is 1. The van der Waals surface area contributed by atoms with E-state index in [0.29, 0.717) is 12.2 Å². The maximum Gasteiger partial charge on any atom is 0.412 e. The Morgan fingerprint density at radius 3 is 2.45 bits per heavy atom. The van der Waals surface area contributed by atoms with E-state index in [9.17, 15) is 4.79 Å². The molecule has 0 radical (unpaired) electrons. The molecule has 2 aromatic rings. The maximum atomic E-state index is 11.8. The van der Waals surface area contributed by atoms with Crippen molar-refractivity contribution in [2.45, 2.75) is 59.6 Å². The first kappa shape index (κ1) is 27.2. The van der Waals surface area contributed by atoms with Gasteiger partial charge in [-0.1, -0.05) is 19.1 Å². The standard InChI is InChI=1S/C22H33N5O2S.HI/c1-6-19-26-18(15-30-19)14-25-20(23-7-2)24-13-12-16-8-10-17(11-9-16)27-21(28)29-22(3,4)5;/h8-11,15H,6-7,12-14H2,1-5H3,(H,27,28)(H2,23,24,25);1H. The molecule has 1 aromatic carbocycles. The van der Waals surface area contributed by atoms with Crippen molar-refractivity contribution in [1.82, 2.24) is 15.6 Å². The number of amides is 1. The fourth-order valence-electron chi connectivity index (χ4n) is 2.59. The molecule has 7 nitrogen and oxygen atoms in total. The highest BCUT2D eigenvalue weighted by Crippen LogP contribution is 2.13. The number of nitrogens with zero attached hydrogens (tertiary/aromatic N) is 2. The van der Waals surface area contributed by atoms with Crippen molar-refractivity contribution in [3.8, 4) is 0 Å². The number of guanidine groups is 1. The zero-order chi connectivity index (χ0) is 22.0. The molecule has 9 heteroatoms. The first-order chi connectivity index (χ1) is 14.3. The number of hydrogen-bond donors (Lipinski definition) is 3. The van der Waals surface area contributed by atoms with Crippen LogP contribution in [0.2, 0.25) is 0 Å². The van der Waals surface area contributed by atoms with Crippen LogP contribution in [0.4, 0.5) is 10.5 Å². The zero-order valence-electron chi connectivity index (χ0n) is 18.9. The molecule has 2 rings (SSSR count). The van der Waals surface area contributed by atoms with Crippen molar-refractivity contribution in [3.05, 3.63) is 45.9 Å². The van der Waals surface area contributed by atoms with Crippen molar-refractivity contribution in [2.75, 3.05) is 18.4 Å². The van der Waals surface area contributed by atoms with Crippen LogP contribution < -0.4 is 16.0 Å². The number of thiazole rings is 1. The van der Waals surface area contributed by atoms with Crippen LogP contribution in [0.5, 0.6) is 0 Å². The summed E-state index contributed by atoms with van der Waals surface area (Å²) in [6.45, 7) is 11.8. The van der Waals surface area contributed by atoms with Gasteiger partial charge in [-0.3, -0.25) is 5.32 Å². The Bertz CT molecular complexity index is 831. The zero-order valence-corrected chi connectivity index (χ0v) is 22.1. The highest BCUT2D eigenvalue weighted by Gasteiger charge is 2.16. The number of anilines is 1. The van der Waals surface area contributed by atoms with Gasteiger partial charge >= 0.3 is 6.09 Å². The number of halogens is 1. The Hall–Kier alpha value is -1.88. The molecular weight excluding hydrogens is 525 g/mol. The first-order valence-corrected chi connectivity index (χ1v) is 11.2. The van der Waals surface area contributed by atoms with Crippen LogP contribution >= 0.6 is 35.3 Å². The predicted octanol–water partition coefficient (Wildman–Crippen LogP) is 4.97. The van der Waals surface area contributed by atoms with Gasteiger partial charge < -0.3 is 15.4 Å². The summed E-state index contributed by atoms with van der Waals surface area (Å²) in [7, 11) is 0. The number of benzene rings is 1. The Labute approximate surface area is 206 Å². The average Bonchev–Trinajstić information content (AvgIpc) is 3.14. The third-order valence-electron chi connectivity index (χ3n) is 3.95. The molecule has 0 aliphatic heterocycles. The van der Waals surface area contributed by atoms with E-state index in [1.807, 2.05) is 52.0 Å². The van der Waals surface area contributed by atoms with Crippen LogP contribution in [0.1, 0.15) is 50.9 Å². The number of carbonyl (C=O) groups is 1. The second kappa shape index (κ2) is 13.5. The van der Waals surface area contributed by atoms with Crippen molar-refractivity contribution in [2.24, 2.45) is 4.99 Å². The van der Waals surface area contributed by atoms with Gasteiger partial charge in [0.25, 0.3) is 0 Å². The van der Waals surface area contributed by atoms with E-state index in [2.05, 4.69) is 38.2 Å². The molecule has 0 bridgehead atoms. The predicted molar refractivity (Wildman–Crippen MR) is 140 cm³/mol. The number of aliphatic imine (C=N–C) groups is 1. The highest BCUT2D eigenvalue weighted by atomic mass is 127. The normalized spacial score (nSPS) is 11.5. The number of rotatable bonds is 8. The van der Waals surface area contributed by atoms with E-state index in [0.717, 1.165) is 42.6 Å². The van der Waals surface area contributed by atoms with Crippen molar-refractivity contribution >= 4 is 53.1 Å². The van der Waals surface area contributed by atoms with Crippen molar-refractivity contribution in [1.29, 1.82) is 0 Å². The molecule has 1 heterocycles. The summed E-state index contributed by atoms with van der Waals surface area (Å²) < 4.78 is 5.26. The average molecular weight is 560 g/mol. The van der Waals surface area contributed by atoms with Gasteiger partial charge in [-0.2, -0.15) is 0 Å². The SMILES string of the molecule is CCNC(=NCc1csc(CC)n1)NCCc1ccc(NC(=O)OC(C)(C)C)cc1.I. The molecule has 0 saturated heterocycles. The van der Waals surface area contributed by atoms with Gasteiger partial charge in [0, 0.05) is 24.2 Å². The largest absolute Gasteiger partial charge is 0.444 e. The molecular formula is C22H34IN5O2S. The van der Waals surface area contributed by atoms with Gasteiger partial charge in [0.2, 0.25) is 0 Å². The van der Waals surface area contributed by atoms with Crippen LogP contribution in [0.3, 0.4) is 0 Å². The topological polar surface area (TPSA) is 87.6 Å². The van der Waals surface area contributed by atoms with Crippen LogP contribution in [-0.2, 0) is 24.1 Å². The van der Waals surface area contributed by atoms with Crippen LogP contribution in [0.25, 0.3) is 0 Å². The summed E-state index contributed by atoms with van der Waals surface area (Å²) in [4.78, 5) is 21.0. The van der Waals surface area contributed by atoms with E-state index in [-0.39, 0.29) is 24.0 Å². The van der Waals surface area contributed by atoms with E-state index >= 15 is 0 Å². The molecule has 3 N–H and O–H groups in total. The van der Waals surface area contributed by atoms with E-state index in [1.165, 1.54) is 5.56 Å². The van der Waals surface area contributed by atoms with Crippen molar-refractivity contribution in [3.63, 3.8) is 0 Å². The van der Waals surface area contributed by atoms with E-state index < -0.39 is 11.7 Å². The molecule has 1 amide bonds. The molecule has 1 aromatic heterocycles. The molecule has 0 atom stereocenters. The number of ether oxygens (including phenoxy) is 1. The fourth-order valence-corrected chi connectivity index (χ4v) is 3.32. The molecule has 0 unspecified atom stereocenters. The van der Waals surface area contributed by atoms with Gasteiger partial charge in [-0.05, 0) is 58.2 Å². The molecule has 0 fully saturated rings. The second-order valence-corrected chi connectivity index (χ2v) is 8.72. The molecule has 0 aliphatic rings. The summed E-state index contributed by atoms with van der Waals surface area (Å²) in [6, 6.07) is 7.76. The number of aryl methyl sites for hydroxylation is 1. The third kappa shape index (κ3) is 10.8. The molecule has 172 valence electrons. The Kier molecular flexibility index (Phi) is 11.8. The molecule has 31 heavy (non-hydrogen) atoms. The number of hydrogen-bond acceptors (Lipinski definition) is 5. The summed E-state index contributed by atoms with van der Waals surface area (Å²) in [5.41, 5.74) is 2.37. The lowest BCUT2D eigenvalue weighted by atomic mass is 10.1. The minimum atomic E-state index is -0.515. The Morgan fingerprint density at radius 1 is 1.16 bits per heavy atom. The maximum absolute atomic E-state index is 11.8. The van der Waals surface area contributed by atoms with Gasteiger partial charge in [-0.15, -0.1) is 35.3 Å². The number of nitrogens with one attached hydrogen (secondary N) is 3. The van der Waals surface area contributed by atoms with Gasteiger partial charge in [0.1, 0.15) is 5.60 Å². The highest BCUT2D eigenvalue weighted by molar-refractivity contribution is 14.0. The number of aromatic nitrogens is 1. The van der Waals surface area contributed by atoms with E-state index in [4.69, 9.17) is 4.74 Å². The summed E-state index contributed by atoms with van der Waals surface area (Å²) in [5.74, 6) is 0.784. The summed E-state index contributed by atoms with van der Waals surface area (Å²) >= 11 is 1.68. The first-order valence-electron chi connectivity index (χ1n) is 10.3. The monoisotopic (exact) mass is 559 g/mol. The van der Waals surface area contributed by atoms with Gasteiger partial charge in [-0.25, -0.2) is 14.8 Å². The lowest BCUT2D eigenvalue weighted by Gasteiger charge is -2.19. The fraction of sp³-hybridized carbons (Fsp3) is 0.500. The van der Waals surface area contributed by atoms with Crippen molar-refractivity contribution < 1.29 is 9.53 Å². The minimum Gasteiger partial charge on any atom is -0.444 e. The van der Waals surface area contributed by atoms with Crippen LogP contribution in [0, 0.1) is 0 Å². The van der Waals surface area contributed by atoms with Gasteiger partial charge in [0.05, 0.1) is 17.2 Å². The lowest BCUT2D eigenvalue weighted by molar-refractivity contribution is 0.0636. The quantitative estimate of drug-likeness (QED) is 0.242. The second-order valence-electron chi connectivity index (χ2n) is 7.78. The van der Waals surface area contributed by atoms with Crippen LogP contribution in [0.15, 0.2) is 34.6 Å². The Morgan fingerprint density at radius 2 is 1.87 bits per heavy atom. The summed E-state index contributed by atoms with van der Waals surface area (Å²) in [6.07, 6.45) is 1.35. The smallest absolute Gasteiger partial charge is 0.412 e. The third-order valence-corrected chi connectivity index (χ3v) is 4.99. The molecule has 0 saturated carbocycles. The van der Waals surface area contributed by atoms with E-state index in [1.54, 1.807) is 11.3 Å².